The molecule has 206 valence electrons. The van der Waals surface area contributed by atoms with E-state index in [1.54, 1.807) is 18.2 Å². The topological polar surface area (TPSA) is 82.5 Å². The number of hydrogen-bond acceptors (Lipinski definition) is 6. The Morgan fingerprint density at radius 1 is 1.08 bits per heavy atom. The Kier molecular flexibility index (Phi) is 8.00. The molecule has 2 heterocycles. The second-order valence-electron chi connectivity index (χ2n) is 11.4. The number of aromatic nitrogens is 1. The average Bonchev–Trinajstić information content (AvgIpc) is 3.35. The molecule has 0 radical (unpaired) electrons. The number of β-amino-alcohol motifs (C(OH)–C–C–N with tert-alkyl or cyclic N) is 1. The van der Waals surface area contributed by atoms with Crippen LogP contribution in [0.4, 0.5) is 0 Å². The molecule has 39 heavy (non-hydrogen) atoms. The second-order valence-corrected chi connectivity index (χ2v) is 13.8. The van der Waals surface area contributed by atoms with Crippen LogP contribution in [0.15, 0.2) is 71.6 Å². The number of nitrogens with one attached hydrogen (secondary N) is 1. The number of nitrogens with zero attached hydrogens (tertiary/aromatic N) is 2. The largest absolute Gasteiger partial charge is 0.390 e. The first kappa shape index (κ1) is 28.0. The van der Waals surface area contributed by atoms with E-state index < -0.39 is 15.9 Å². The van der Waals surface area contributed by atoms with Gasteiger partial charge in [0, 0.05) is 41.9 Å². The molecular weight excluding hydrogens is 530 g/mol. The summed E-state index contributed by atoms with van der Waals surface area (Å²) in [7, 11) is -3.32. The van der Waals surface area contributed by atoms with Gasteiger partial charge < -0.3 is 10.4 Å². The highest BCUT2D eigenvalue weighted by Gasteiger charge is 2.32. The van der Waals surface area contributed by atoms with Crippen molar-refractivity contribution in [1.29, 1.82) is 0 Å². The highest BCUT2D eigenvalue weighted by atomic mass is 35.5. The van der Waals surface area contributed by atoms with E-state index >= 15 is 0 Å². The lowest BCUT2D eigenvalue weighted by Crippen LogP contribution is -2.50. The van der Waals surface area contributed by atoms with Gasteiger partial charge in [0.05, 0.1) is 16.5 Å². The first-order chi connectivity index (χ1) is 18.5. The molecule has 4 aromatic rings. The minimum Gasteiger partial charge on any atom is -0.390 e. The molecule has 0 amide bonds. The van der Waals surface area contributed by atoms with Crippen molar-refractivity contribution >= 4 is 43.1 Å². The number of hydrogen-bond donors (Lipinski definition) is 2. The van der Waals surface area contributed by atoms with Crippen LogP contribution in [0.2, 0.25) is 5.15 Å². The SMILES string of the molecule is CC(C)(Cc1ccc2ccccc2c1)NC[C@@H](O)C1CCCN1Cc1cc2cc(S(C)(=O)=O)ccc2nc1Cl. The molecule has 0 bridgehead atoms. The molecule has 2 atom stereocenters. The lowest BCUT2D eigenvalue weighted by atomic mass is 9.93. The number of halogens is 1. The molecule has 2 N–H and O–H groups in total. The van der Waals surface area contributed by atoms with Crippen LogP contribution in [0.3, 0.4) is 0 Å². The van der Waals surface area contributed by atoms with Crippen molar-refractivity contribution in [1.82, 2.24) is 15.2 Å². The van der Waals surface area contributed by atoms with Crippen molar-refractivity contribution < 1.29 is 13.5 Å². The average molecular weight is 566 g/mol. The van der Waals surface area contributed by atoms with Crippen LogP contribution in [0.25, 0.3) is 21.7 Å². The fourth-order valence-corrected chi connectivity index (χ4v) is 6.52. The molecule has 1 saturated heterocycles. The Morgan fingerprint density at radius 2 is 1.85 bits per heavy atom. The summed E-state index contributed by atoms with van der Waals surface area (Å²) >= 11 is 6.54. The molecule has 1 unspecified atom stereocenters. The Hall–Kier alpha value is -2.55. The standard InChI is InChI=1S/C31H36ClN3O3S/c1-31(2,18-21-10-11-22-7-4-5-8-23(22)15-21)33-19-29(36)28-9-6-14-35(28)20-25-16-24-17-26(39(3,37)38)12-13-27(24)34-30(25)32/h4-5,7-8,10-13,15-17,28-29,33,36H,6,9,14,18-20H2,1-3H3/t28?,29-/m1/s1. The highest BCUT2D eigenvalue weighted by molar-refractivity contribution is 7.90. The number of benzene rings is 3. The van der Waals surface area contributed by atoms with Crippen molar-refractivity contribution in [2.45, 2.75) is 62.2 Å². The molecule has 0 spiro atoms. The number of pyridine rings is 1. The van der Waals surface area contributed by atoms with E-state index in [9.17, 15) is 13.5 Å². The first-order valence-corrected chi connectivity index (χ1v) is 15.7. The summed E-state index contributed by atoms with van der Waals surface area (Å²) in [5, 5.41) is 18.4. The zero-order valence-electron chi connectivity index (χ0n) is 22.7. The third-order valence-electron chi connectivity index (χ3n) is 7.72. The van der Waals surface area contributed by atoms with Gasteiger partial charge in [0.25, 0.3) is 0 Å². The van der Waals surface area contributed by atoms with E-state index in [-0.39, 0.29) is 16.5 Å². The van der Waals surface area contributed by atoms with Gasteiger partial charge in [-0.25, -0.2) is 13.4 Å². The summed E-state index contributed by atoms with van der Waals surface area (Å²) in [4.78, 5) is 7.03. The lowest BCUT2D eigenvalue weighted by Gasteiger charge is -2.33. The first-order valence-electron chi connectivity index (χ1n) is 13.4. The maximum atomic E-state index is 12.0. The van der Waals surface area contributed by atoms with Crippen LogP contribution >= 0.6 is 11.6 Å². The van der Waals surface area contributed by atoms with E-state index in [1.165, 1.54) is 22.6 Å². The van der Waals surface area contributed by atoms with Crippen molar-refractivity contribution in [3.63, 3.8) is 0 Å². The van der Waals surface area contributed by atoms with Gasteiger partial charge >= 0.3 is 0 Å². The second kappa shape index (κ2) is 11.1. The monoisotopic (exact) mass is 565 g/mol. The number of aliphatic hydroxyl groups excluding tert-OH is 1. The van der Waals surface area contributed by atoms with E-state index in [0.29, 0.717) is 23.8 Å². The summed E-state index contributed by atoms with van der Waals surface area (Å²) in [6.45, 7) is 6.25. The lowest BCUT2D eigenvalue weighted by molar-refractivity contribution is 0.0633. The summed E-state index contributed by atoms with van der Waals surface area (Å²) in [5.74, 6) is 0. The van der Waals surface area contributed by atoms with Crippen LogP contribution in [0.5, 0.6) is 0 Å². The van der Waals surface area contributed by atoms with Crippen molar-refractivity contribution in [2.75, 3.05) is 19.3 Å². The van der Waals surface area contributed by atoms with E-state index in [4.69, 9.17) is 11.6 Å². The fraction of sp³-hybridized carbons (Fsp3) is 0.387. The molecule has 1 fully saturated rings. The van der Waals surface area contributed by atoms with Crippen molar-refractivity contribution in [3.05, 3.63) is 83.0 Å². The zero-order chi connectivity index (χ0) is 27.8. The summed E-state index contributed by atoms with van der Waals surface area (Å²) in [6.07, 6.45) is 3.43. The van der Waals surface area contributed by atoms with Gasteiger partial charge in [0.15, 0.2) is 9.84 Å². The molecule has 1 aliphatic rings. The summed E-state index contributed by atoms with van der Waals surface area (Å²) < 4.78 is 24.0. The molecule has 8 heteroatoms. The Balaban J connectivity index is 1.24. The molecule has 1 aromatic heterocycles. The predicted molar refractivity (Wildman–Crippen MR) is 159 cm³/mol. The maximum Gasteiger partial charge on any atom is 0.175 e. The van der Waals surface area contributed by atoms with Crippen LogP contribution in [0.1, 0.15) is 37.8 Å². The number of likely N-dealkylation sites (tertiary alicyclic amines) is 1. The number of aliphatic hydroxyl groups is 1. The number of sulfone groups is 1. The van der Waals surface area contributed by atoms with Crippen molar-refractivity contribution in [3.8, 4) is 0 Å². The van der Waals surface area contributed by atoms with Gasteiger partial charge in [-0.1, -0.05) is 54.1 Å². The summed E-state index contributed by atoms with van der Waals surface area (Å²) in [6, 6.07) is 21.8. The molecule has 3 aromatic carbocycles. The Morgan fingerprint density at radius 3 is 2.62 bits per heavy atom. The molecule has 6 nitrogen and oxygen atoms in total. The van der Waals surface area contributed by atoms with Crippen LogP contribution < -0.4 is 5.32 Å². The number of rotatable bonds is 9. The van der Waals surface area contributed by atoms with E-state index in [0.717, 1.165) is 36.8 Å². The molecule has 0 saturated carbocycles. The normalized spacial score (nSPS) is 17.7. The summed E-state index contributed by atoms with van der Waals surface area (Å²) in [5.41, 5.74) is 2.57. The van der Waals surface area contributed by atoms with Crippen LogP contribution in [-0.4, -0.2) is 60.4 Å². The van der Waals surface area contributed by atoms with Crippen LogP contribution in [-0.2, 0) is 22.8 Å². The van der Waals surface area contributed by atoms with Gasteiger partial charge in [-0.2, -0.15) is 0 Å². The van der Waals surface area contributed by atoms with Crippen LogP contribution in [0, 0.1) is 0 Å². The quantitative estimate of drug-likeness (QED) is 0.265. The smallest absolute Gasteiger partial charge is 0.175 e. The molecule has 0 aliphatic carbocycles. The third kappa shape index (κ3) is 6.61. The van der Waals surface area contributed by atoms with Gasteiger partial charge in [-0.3, -0.25) is 4.90 Å². The predicted octanol–water partition coefficient (Wildman–Crippen LogP) is 5.38. The fourth-order valence-electron chi connectivity index (χ4n) is 5.66. The number of fused-ring (bicyclic) bond motifs is 2. The minimum atomic E-state index is -3.32. The van der Waals surface area contributed by atoms with Gasteiger partial charge in [0.1, 0.15) is 5.15 Å². The van der Waals surface area contributed by atoms with E-state index in [1.807, 2.05) is 6.07 Å². The van der Waals surface area contributed by atoms with Gasteiger partial charge in [0.2, 0.25) is 0 Å². The highest BCUT2D eigenvalue weighted by Crippen LogP contribution is 2.28. The minimum absolute atomic E-state index is 0.00286. The molecule has 5 rings (SSSR count). The molecular formula is C31H36ClN3O3S. The third-order valence-corrected chi connectivity index (χ3v) is 9.16. The van der Waals surface area contributed by atoms with E-state index in [2.05, 4.69) is 71.5 Å². The van der Waals surface area contributed by atoms with Gasteiger partial charge in [-0.15, -0.1) is 0 Å². The van der Waals surface area contributed by atoms with Crippen molar-refractivity contribution in [2.24, 2.45) is 0 Å². The Bertz CT molecular complexity index is 1610. The zero-order valence-corrected chi connectivity index (χ0v) is 24.3. The molecule has 1 aliphatic heterocycles. The van der Waals surface area contributed by atoms with Gasteiger partial charge in [-0.05, 0) is 80.3 Å². The Labute approximate surface area is 235 Å². The maximum absolute atomic E-state index is 12.0.